The fraction of sp³-hybridized carbons (Fsp3) is 0.914. The van der Waals surface area contributed by atoms with Crippen LogP contribution < -0.4 is 5.11 Å². The molecule has 0 aliphatic heterocycles. The van der Waals surface area contributed by atoms with Gasteiger partial charge >= 0.3 is 11.9 Å². The van der Waals surface area contributed by atoms with E-state index >= 15 is 0 Å². The molecule has 248 valence electrons. The van der Waals surface area contributed by atoms with Crippen LogP contribution in [-0.2, 0) is 14.4 Å². The number of nitrogens with zero attached hydrogens (tertiary/aromatic N) is 1. The molecule has 0 amide bonds. The second kappa shape index (κ2) is 29.4. The third-order valence-electron chi connectivity index (χ3n) is 8.80. The van der Waals surface area contributed by atoms with Crippen molar-refractivity contribution < 1.29 is 34.2 Å². The molecular formula is C35H67NO6. The molecule has 0 radical (unpaired) electrons. The van der Waals surface area contributed by atoms with Crippen molar-refractivity contribution in [1.82, 2.24) is 0 Å². The van der Waals surface area contributed by atoms with Gasteiger partial charge in [-0.15, -0.1) is 0 Å². The molecule has 0 bridgehead atoms. The van der Waals surface area contributed by atoms with Crippen LogP contribution in [0.1, 0.15) is 180 Å². The van der Waals surface area contributed by atoms with Gasteiger partial charge in [0, 0.05) is 25.2 Å². The van der Waals surface area contributed by atoms with Gasteiger partial charge in [0.1, 0.15) is 0 Å². The van der Waals surface area contributed by atoms with Gasteiger partial charge in [0.15, 0.2) is 0 Å². The number of unbranched alkanes of at least 4 members (excludes halogenated alkanes) is 20. The lowest BCUT2D eigenvalue weighted by atomic mass is 10.0. The van der Waals surface area contributed by atoms with E-state index in [1.165, 1.54) is 122 Å². The summed E-state index contributed by atoms with van der Waals surface area (Å²) in [5.41, 5.74) is 0. The molecule has 2 N–H and O–H groups in total. The van der Waals surface area contributed by atoms with Crippen molar-refractivity contribution in [2.75, 3.05) is 26.2 Å². The van der Waals surface area contributed by atoms with Gasteiger partial charge < -0.3 is 24.6 Å². The van der Waals surface area contributed by atoms with Crippen LogP contribution in [0.25, 0.3) is 0 Å². The Morgan fingerprint density at radius 1 is 0.429 bits per heavy atom. The highest BCUT2D eigenvalue weighted by Crippen LogP contribution is 2.19. The monoisotopic (exact) mass is 597 g/mol. The van der Waals surface area contributed by atoms with Crippen LogP contribution in [0.2, 0.25) is 0 Å². The lowest BCUT2D eigenvalue weighted by Crippen LogP contribution is -2.51. The zero-order valence-corrected chi connectivity index (χ0v) is 27.4. The minimum Gasteiger partial charge on any atom is -0.550 e. The second-order valence-corrected chi connectivity index (χ2v) is 12.8. The molecule has 0 unspecified atom stereocenters. The second-order valence-electron chi connectivity index (χ2n) is 12.8. The Morgan fingerprint density at radius 2 is 0.690 bits per heavy atom. The van der Waals surface area contributed by atoms with Crippen molar-refractivity contribution in [2.45, 2.75) is 180 Å². The Kier molecular flexibility index (Phi) is 28.3. The first-order valence-corrected chi connectivity index (χ1v) is 17.8. The molecule has 0 aromatic rings. The van der Waals surface area contributed by atoms with E-state index in [0.29, 0.717) is 43.4 Å². The van der Waals surface area contributed by atoms with E-state index < -0.39 is 17.9 Å². The van der Waals surface area contributed by atoms with Crippen LogP contribution in [0.3, 0.4) is 0 Å². The minimum absolute atomic E-state index is 0.0167. The molecule has 0 aliphatic rings. The molecule has 0 heterocycles. The Balaban J connectivity index is 3.99. The fourth-order valence-electron chi connectivity index (χ4n) is 6.24. The topological polar surface area (TPSA) is 115 Å². The van der Waals surface area contributed by atoms with Gasteiger partial charge in [-0.25, -0.2) is 0 Å². The molecule has 0 saturated heterocycles. The van der Waals surface area contributed by atoms with E-state index in [-0.39, 0.29) is 19.3 Å². The summed E-state index contributed by atoms with van der Waals surface area (Å²) in [4.78, 5) is 33.1. The third kappa shape index (κ3) is 28.5. The van der Waals surface area contributed by atoms with Crippen LogP contribution in [0.15, 0.2) is 0 Å². The first-order chi connectivity index (χ1) is 20.3. The highest BCUT2D eigenvalue weighted by atomic mass is 16.4. The summed E-state index contributed by atoms with van der Waals surface area (Å²) in [5, 5.41) is 29.2. The number of rotatable bonds is 34. The smallest absolute Gasteiger partial charge is 0.303 e. The SMILES string of the molecule is CCCCCCCCCCCCCCCCCCCCCCC[N+](CCCC(=O)[O-])(CCCC(=O)O)CCCC(=O)O. The van der Waals surface area contributed by atoms with E-state index in [2.05, 4.69) is 6.92 Å². The van der Waals surface area contributed by atoms with Gasteiger partial charge in [0.05, 0.1) is 39.0 Å². The largest absolute Gasteiger partial charge is 0.550 e. The molecular weight excluding hydrogens is 530 g/mol. The lowest BCUT2D eigenvalue weighted by molar-refractivity contribution is -0.929. The first-order valence-electron chi connectivity index (χ1n) is 17.8. The molecule has 0 saturated carbocycles. The van der Waals surface area contributed by atoms with Gasteiger partial charge in [-0.1, -0.05) is 129 Å². The molecule has 7 heteroatoms. The molecule has 42 heavy (non-hydrogen) atoms. The van der Waals surface area contributed by atoms with Gasteiger partial charge in [0.25, 0.3) is 0 Å². The van der Waals surface area contributed by atoms with Gasteiger partial charge in [0.2, 0.25) is 0 Å². The predicted octanol–water partition coefficient (Wildman–Crippen LogP) is 8.27. The Morgan fingerprint density at radius 3 is 0.976 bits per heavy atom. The summed E-state index contributed by atoms with van der Waals surface area (Å²) >= 11 is 0. The number of aliphatic carboxylic acids is 3. The van der Waals surface area contributed by atoms with Crippen LogP contribution in [0.5, 0.6) is 0 Å². The maximum absolute atomic E-state index is 11.1. The molecule has 0 rings (SSSR count). The van der Waals surface area contributed by atoms with E-state index in [9.17, 15) is 19.5 Å². The van der Waals surface area contributed by atoms with E-state index in [1.807, 2.05) is 0 Å². The molecule has 7 nitrogen and oxygen atoms in total. The van der Waals surface area contributed by atoms with Crippen molar-refractivity contribution in [2.24, 2.45) is 0 Å². The maximum Gasteiger partial charge on any atom is 0.303 e. The van der Waals surface area contributed by atoms with Crippen molar-refractivity contribution in [3.63, 3.8) is 0 Å². The zero-order valence-electron chi connectivity index (χ0n) is 27.4. The van der Waals surface area contributed by atoms with Gasteiger partial charge in [-0.05, 0) is 19.3 Å². The first kappa shape index (κ1) is 40.4. The number of hydrogen-bond donors (Lipinski definition) is 2. The number of carbonyl (C=O) groups excluding carboxylic acids is 1. The highest BCUT2D eigenvalue weighted by molar-refractivity contribution is 5.66. The standard InChI is InChI=1S/C35H67NO6/c1-2-3-4-5-6-7-8-9-10-11-12-13-14-15-16-17-18-19-20-21-22-29-36(30-23-26-33(37)38,31-24-27-34(39)40)32-25-28-35(41)42/h2-32H2,1H3,(H2-,37,38,39,40,41,42). The van der Waals surface area contributed by atoms with Crippen molar-refractivity contribution in [3.05, 3.63) is 0 Å². The van der Waals surface area contributed by atoms with Gasteiger partial charge in [-0.2, -0.15) is 0 Å². The Labute approximate surface area is 258 Å². The van der Waals surface area contributed by atoms with Crippen LogP contribution in [0, 0.1) is 0 Å². The molecule has 0 aliphatic carbocycles. The van der Waals surface area contributed by atoms with Crippen molar-refractivity contribution >= 4 is 17.9 Å². The molecule has 0 fully saturated rings. The lowest BCUT2D eigenvalue weighted by Gasteiger charge is -2.39. The average molecular weight is 598 g/mol. The average Bonchev–Trinajstić information content (AvgIpc) is 2.93. The summed E-state index contributed by atoms with van der Waals surface area (Å²) in [6.07, 6.45) is 29.8. The van der Waals surface area contributed by atoms with Crippen molar-refractivity contribution in [1.29, 1.82) is 0 Å². The number of carbonyl (C=O) groups is 3. The summed E-state index contributed by atoms with van der Waals surface area (Å²) in [7, 11) is 0. The van der Waals surface area contributed by atoms with E-state index in [1.54, 1.807) is 0 Å². The molecule has 0 atom stereocenters. The van der Waals surface area contributed by atoms with E-state index in [4.69, 9.17) is 10.2 Å². The molecule has 0 aromatic heterocycles. The summed E-state index contributed by atoms with van der Waals surface area (Å²) in [6, 6.07) is 0. The molecule has 0 aromatic carbocycles. The third-order valence-corrected chi connectivity index (χ3v) is 8.80. The normalized spacial score (nSPS) is 11.6. The fourth-order valence-corrected chi connectivity index (χ4v) is 6.24. The van der Waals surface area contributed by atoms with E-state index in [0.717, 1.165) is 19.4 Å². The summed E-state index contributed by atoms with van der Waals surface area (Å²) in [6.45, 7) is 5.06. The summed E-state index contributed by atoms with van der Waals surface area (Å²) in [5.74, 6) is -2.73. The number of carboxylic acids is 3. The van der Waals surface area contributed by atoms with Gasteiger partial charge in [-0.3, -0.25) is 9.59 Å². The number of quaternary nitrogens is 1. The maximum atomic E-state index is 11.1. The Bertz CT molecular complexity index is 603. The number of hydrogen-bond acceptors (Lipinski definition) is 4. The summed E-state index contributed by atoms with van der Waals surface area (Å²) < 4.78 is 0.618. The Hall–Kier alpha value is -1.63. The van der Waals surface area contributed by atoms with Crippen molar-refractivity contribution in [3.8, 4) is 0 Å². The van der Waals surface area contributed by atoms with Crippen LogP contribution >= 0.6 is 0 Å². The number of carboxylic acid groups (broad SMARTS) is 3. The van der Waals surface area contributed by atoms with Crippen LogP contribution in [0.4, 0.5) is 0 Å². The quantitative estimate of drug-likeness (QED) is 0.0570. The minimum atomic E-state index is -1.07. The molecule has 0 spiro atoms. The highest BCUT2D eigenvalue weighted by Gasteiger charge is 2.26. The van der Waals surface area contributed by atoms with Crippen LogP contribution in [-0.4, -0.2) is 58.8 Å². The zero-order chi connectivity index (χ0) is 31.2. The predicted molar refractivity (Wildman–Crippen MR) is 170 cm³/mol.